The lowest BCUT2D eigenvalue weighted by Gasteiger charge is -2.35. The Morgan fingerprint density at radius 2 is 1.73 bits per heavy atom. The lowest BCUT2D eigenvalue weighted by atomic mass is 10.0. The lowest BCUT2D eigenvalue weighted by molar-refractivity contribution is -0.136. The summed E-state index contributed by atoms with van der Waals surface area (Å²) in [5.74, 6) is -1.73. The number of aryl methyl sites for hydroxylation is 1. The maximum absolute atomic E-state index is 13.3. The predicted octanol–water partition coefficient (Wildman–Crippen LogP) is 3.51. The van der Waals surface area contributed by atoms with E-state index in [4.69, 9.17) is 4.98 Å². The number of hydrogen-bond donors (Lipinski definition) is 3. The van der Waals surface area contributed by atoms with Crippen molar-refractivity contribution in [3.63, 3.8) is 0 Å². The molecular formula is C44H50N14O6. The van der Waals surface area contributed by atoms with E-state index in [0.717, 1.165) is 79.2 Å². The molecule has 1 aromatic carbocycles. The summed E-state index contributed by atoms with van der Waals surface area (Å²) < 4.78 is 3.88. The number of nitrogens with zero attached hydrogens (tertiary/aromatic N) is 11. The van der Waals surface area contributed by atoms with Crippen molar-refractivity contribution in [2.24, 2.45) is 0 Å². The molecule has 9 rings (SSSR count). The van der Waals surface area contributed by atoms with Gasteiger partial charge >= 0.3 is 0 Å². The van der Waals surface area contributed by atoms with E-state index in [9.17, 15) is 28.8 Å². The van der Waals surface area contributed by atoms with Crippen LogP contribution < -0.4 is 20.9 Å². The monoisotopic (exact) mass is 870 g/mol. The topological polar surface area (TPSA) is 226 Å². The van der Waals surface area contributed by atoms with Crippen molar-refractivity contribution in [1.82, 2.24) is 54.5 Å². The number of benzene rings is 1. The third-order valence-corrected chi connectivity index (χ3v) is 12.4. The molecule has 0 radical (unpaired) electrons. The minimum absolute atomic E-state index is 0.0222. The molecule has 3 N–H and O–H groups in total. The lowest BCUT2D eigenvalue weighted by Crippen LogP contribution is -2.54. The number of imide groups is 2. The molecule has 332 valence electrons. The molecule has 5 aromatic rings. The van der Waals surface area contributed by atoms with Crippen LogP contribution in [0.3, 0.4) is 0 Å². The second-order valence-corrected chi connectivity index (χ2v) is 17.0. The molecular weight excluding hydrogens is 821 g/mol. The maximum Gasteiger partial charge on any atom is 0.270 e. The molecule has 2 saturated heterocycles. The zero-order chi connectivity index (χ0) is 44.5. The number of amides is 6. The fourth-order valence-corrected chi connectivity index (χ4v) is 9.06. The number of rotatable bonds is 14. The van der Waals surface area contributed by atoms with E-state index >= 15 is 0 Å². The van der Waals surface area contributed by atoms with Crippen LogP contribution in [0.2, 0.25) is 0 Å². The van der Waals surface area contributed by atoms with Gasteiger partial charge in [0, 0.05) is 90.0 Å². The molecule has 1 saturated carbocycles. The second kappa shape index (κ2) is 17.9. The van der Waals surface area contributed by atoms with Crippen LogP contribution in [-0.4, -0.2) is 131 Å². The fourth-order valence-electron chi connectivity index (χ4n) is 9.06. The van der Waals surface area contributed by atoms with E-state index in [1.54, 1.807) is 42.0 Å². The van der Waals surface area contributed by atoms with E-state index < -0.39 is 29.7 Å². The van der Waals surface area contributed by atoms with Gasteiger partial charge in [-0.05, 0) is 62.4 Å². The number of piperazine rings is 1. The van der Waals surface area contributed by atoms with Gasteiger partial charge in [0.2, 0.25) is 23.7 Å². The summed E-state index contributed by atoms with van der Waals surface area (Å²) in [6, 6.07) is 9.64. The molecule has 4 aliphatic rings. The third-order valence-electron chi connectivity index (χ3n) is 12.4. The predicted molar refractivity (Wildman–Crippen MR) is 234 cm³/mol. The summed E-state index contributed by atoms with van der Waals surface area (Å²) in [4.78, 5) is 97.7. The van der Waals surface area contributed by atoms with Crippen LogP contribution in [0.25, 0.3) is 11.0 Å². The van der Waals surface area contributed by atoms with E-state index in [1.807, 2.05) is 30.6 Å². The number of aromatic nitrogens is 7. The Morgan fingerprint density at radius 3 is 2.48 bits per heavy atom. The molecule has 1 unspecified atom stereocenters. The maximum atomic E-state index is 13.3. The van der Waals surface area contributed by atoms with Gasteiger partial charge in [-0.25, -0.2) is 9.97 Å². The SMILES string of the molecule is CN(C)C(=O)c1cc2cnc(Nc3ccc(N4CCN(Cc5cn(CCCCC(=O)Nc6cccc7c6C(=O)N(C6CCC(=O)NC6=O)C7=O)nn5)CC4)cn3)nc2n1C1CCCC1. The Kier molecular flexibility index (Phi) is 11.8. The minimum atomic E-state index is -1.09. The average Bonchev–Trinajstić information content (AvgIpc) is 4.10. The van der Waals surface area contributed by atoms with Crippen LogP contribution in [0.1, 0.15) is 101 Å². The highest BCUT2D eigenvalue weighted by Gasteiger charge is 2.45. The quantitative estimate of drug-likeness (QED) is 0.107. The highest BCUT2D eigenvalue weighted by molar-refractivity contribution is 6.26. The smallest absolute Gasteiger partial charge is 0.270 e. The number of pyridine rings is 1. The first-order valence-corrected chi connectivity index (χ1v) is 21.8. The standard InChI is InChI=1S/C44H50N14O6/c1-53(2)42(63)34-22-27-23-46-44(50-39(27)57(34)29-8-3-4-9-29)48-35-15-13-30(24-45-35)55-20-18-54(19-21-55)25-28-26-56(52-51-28)17-6-5-12-36(59)47-32-11-7-10-31-38(32)43(64)58(41(31)62)33-14-16-37(60)49-40(33)61/h7,10-11,13,15,22-24,26,29,33H,3-6,8-9,12,14,16-21,25H2,1-2H3,(H,47,59)(H,49,60,61)(H,45,46,48,50). The van der Waals surface area contributed by atoms with E-state index in [-0.39, 0.29) is 53.9 Å². The molecule has 1 atom stereocenters. The van der Waals surface area contributed by atoms with Gasteiger partial charge in [-0.3, -0.25) is 48.6 Å². The summed E-state index contributed by atoms with van der Waals surface area (Å²) in [5.41, 5.74) is 3.64. The number of carbonyl (C=O) groups is 6. The molecule has 20 heteroatoms. The van der Waals surface area contributed by atoms with Crippen molar-refractivity contribution in [1.29, 1.82) is 0 Å². The number of fused-ring (bicyclic) bond motifs is 2. The summed E-state index contributed by atoms with van der Waals surface area (Å²) in [6.07, 6.45) is 11.3. The van der Waals surface area contributed by atoms with Gasteiger partial charge in [-0.1, -0.05) is 24.1 Å². The summed E-state index contributed by atoms with van der Waals surface area (Å²) in [7, 11) is 3.53. The Labute approximate surface area is 368 Å². The highest BCUT2D eigenvalue weighted by Crippen LogP contribution is 2.36. The van der Waals surface area contributed by atoms with Crippen LogP contribution in [-0.2, 0) is 27.5 Å². The Morgan fingerprint density at radius 1 is 0.922 bits per heavy atom. The van der Waals surface area contributed by atoms with Gasteiger partial charge in [0.05, 0.1) is 34.4 Å². The second-order valence-electron chi connectivity index (χ2n) is 17.0. The molecule has 6 amide bonds. The summed E-state index contributed by atoms with van der Waals surface area (Å²) >= 11 is 0. The van der Waals surface area contributed by atoms with Gasteiger partial charge in [0.1, 0.15) is 23.2 Å². The molecule has 4 aromatic heterocycles. The first-order chi connectivity index (χ1) is 31.0. The zero-order valence-corrected chi connectivity index (χ0v) is 35.8. The molecule has 0 spiro atoms. The largest absolute Gasteiger partial charge is 0.368 e. The molecule has 3 aliphatic heterocycles. The van der Waals surface area contributed by atoms with Gasteiger partial charge in [-0.15, -0.1) is 5.10 Å². The average molecular weight is 871 g/mol. The first kappa shape index (κ1) is 42.2. The van der Waals surface area contributed by atoms with E-state index in [1.165, 1.54) is 6.07 Å². The van der Waals surface area contributed by atoms with Crippen LogP contribution >= 0.6 is 0 Å². The fraction of sp³-hybridized carbons (Fsp3) is 0.432. The van der Waals surface area contributed by atoms with Crippen LogP contribution in [0, 0.1) is 0 Å². The highest BCUT2D eigenvalue weighted by atomic mass is 16.2. The molecule has 1 aliphatic carbocycles. The van der Waals surface area contributed by atoms with Crippen LogP contribution in [0.5, 0.6) is 0 Å². The normalized spacial score (nSPS) is 18.2. The van der Waals surface area contributed by atoms with E-state index in [2.05, 4.69) is 50.6 Å². The van der Waals surface area contributed by atoms with Crippen molar-refractivity contribution >= 4 is 69.6 Å². The van der Waals surface area contributed by atoms with Crippen LogP contribution in [0.15, 0.2) is 55.0 Å². The molecule has 0 bridgehead atoms. The zero-order valence-electron chi connectivity index (χ0n) is 35.8. The van der Waals surface area contributed by atoms with Gasteiger partial charge < -0.3 is 25.0 Å². The molecule has 7 heterocycles. The van der Waals surface area contributed by atoms with Crippen molar-refractivity contribution in [3.05, 3.63) is 77.5 Å². The number of piperidine rings is 1. The van der Waals surface area contributed by atoms with E-state index in [0.29, 0.717) is 43.4 Å². The Hall–Kier alpha value is -7.09. The molecule has 64 heavy (non-hydrogen) atoms. The van der Waals surface area contributed by atoms with Crippen molar-refractivity contribution in [2.45, 2.75) is 83.0 Å². The number of nitrogens with one attached hydrogen (secondary N) is 3. The van der Waals surface area contributed by atoms with Crippen LogP contribution in [0.4, 0.5) is 23.1 Å². The van der Waals surface area contributed by atoms with Crippen molar-refractivity contribution < 1.29 is 28.8 Å². The van der Waals surface area contributed by atoms with Crippen molar-refractivity contribution in [2.75, 3.05) is 55.8 Å². The Balaban J connectivity index is 0.716. The number of anilines is 4. The summed E-state index contributed by atoms with van der Waals surface area (Å²) in [5, 5.41) is 17.7. The first-order valence-electron chi connectivity index (χ1n) is 21.8. The van der Waals surface area contributed by atoms with Crippen molar-refractivity contribution in [3.8, 4) is 0 Å². The number of hydrogen-bond acceptors (Lipinski definition) is 14. The Bertz CT molecular complexity index is 2630. The van der Waals surface area contributed by atoms with Gasteiger partial charge in [0.15, 0.2) is 0 Å². The minimum Gasteiger partial charge on any atom is -0.368 e. The number of carbonyl (C=O) groups excluding carboxylic acids is 6. The molecule has 3 fully saturated rings. The third kappa shape index (κ3) is 8.64. The molecule has 20 nitrogen and oxygen atoms in total. The summed E-state index contributed by atoms with van der Waals surface area (Å²) in [6.45, 7) is 4.58. The van der Waals surface area contributed by atoms with Gasteiger partial charge in [-0.2, -0.15) is 4.98 Å². The number of unbranched alkanes of at least 4 members (excludes halogenated alkanes) is 1. The van der Waals surface area contributed by atoms with Gasteiger partial charge in [0.25, 0.3) is 17.7 Å².